The Labute approximate surface area is 218 Å². The molecule has 3 nitrogen and oxygen atoms in total. The van der Waals surface area contributed by atoms with Gasteiger partial charge >= 0.3 is 0 Å². The Balaban J connectivity index is 1.63. The van der Waals surface area contributed by atoms with Crippen molar-refractivity contribution < 1.29 is 17.5 Å². The zero-order chi connectivity index (χ0) is 28.2. The molecule has 4 heteroatoms. The Morgan fingerprint density at radius 3 is 2.41 bits per heavy atom. The lowest BCUT2D eigenvalue weighted by Crippen LogP contribution is -2.31. The normalized spacial score (nSPS) is 12.8. The van der Waals surface area contributed by atoms with Crippen LogP contribution in [0.25, 0.3) is 55.4 Å². The molecule has 0 atom stereocenters. The highest BCUT2D eigenvalue weighted by molar-refractivity contribution is 6.13. The lowest BCUT2D eigenvalue weighted by Gasteiger charge is -2.07. The summed E-state index contributed by atoms with van der Waals surface area (Å²) < 4.78 is 46.3. The van der Waals surface area contributed by atoms with Crippen LogP contribution >= 0.6 is 0 Å². The van der Waals surface area contributed by atoms with Crippen molar-refractivity contribution in [2.45, 2.75) is 13.8 Å². The van der Waals surface area contributed by atoms with Crippen molar-refractivity contribution >= 4 is 21.9 Å². The summed E-state index contributed by atoms with van der Waals surface area (Å²) in [5, 5.41) is 11.4. The van der Waals surface area contributed by atoms with Gasteiger partial charge in [-0.2, -0.15) is 5.26 Å². The van der Waals surface area contributed by atoms with Crippen LogP contribution in [0.2, 0.25) is 0 Å². The van der Waals surface area contributed by atoms with Gasteiger partial charge in [0.15, 0.2) is 6.20 Å². The van der Waals surface area contributed by atoms with Crippen LogP contribution in [-0.4, -0.2) is 0 Å². The third kappa shape index (κ3) is 3.77. The number of furan rings is 1. The van der Waals surface area contributed by atoms with E-state index in [0.717, 1.165) is 38.6 Å². The molecule has 37 heavy (non-hydrogen) atoms. The third-order valence-corrected chi connectivity index (χ3v) is 6.84. The van der Waals surface area contributed by atoms with Gasteiger partial charge in [0.2, 0.25) is 5.69 Å². The molecule has 0 unspecified atom stereocenters. The summed E-state index contributed by atoms with van der Waals surface area (Å²) in [7, 11) is 1.69. The predicted octanol–water partition coefficient (Wildman–Crippen LogP) is 8.04. The van der Waals surface area contributed by atoms with Gasteiger partial charge in [-0.15, -0.1) is 0 Å². The number of hydrogen-bond acceptors (Lipinski definition) is 2. The van der Waals surface area contributed by atoms with Crippen LogP contribution in [0, 0.1) is 30.9 Å². The number of rotatable bonds is 3. The molecular formula is C33H24FN2O+. The molecule has 6 aromatic rings. The van der Waals surface area contributed by atoms with Crippen LogP contribution in [0.5, 0.6) is 0 Å². The van der Waals surface area contributed by atoms with Crippen LogP contribution in [0.1, 0.15) is 20.8 Å². The number of halogens is 1. The minimum absolute atomic E-state index is 0.340. The summed E-state index contributed by atoms with van der Waals surface area (Å²) in [4.78, 5) is 0. The summed E-state index contributed by atoms with van der Waals surface area (Å²) in [6, 6.07) is 29.2. The summed E-state index contributed by atoms with van der Waals surface area (Å²) in [6.07, 6.45) is 1.31. The van der Waals surface area contributed by atoms with Crippen molar-refractivity contribution in [3.8, 4) is 39.6 Å². The first-order valence-corrected chi connectivity index (χ1v) is 11.9. The molecular weight excluding hydrogens is 459 g/mol. The first kappa shape index (κ1) is 19.4. The number of hydrogen-bond donors (Lipinski definition) is 0. The van der Waals surface area contributed by atoms with E-state index in [2.05, 4.69) is 12.1 Å². The molecule has 0 fully saturated rings. The van der Waals surface area contributed by atoms with Crippen molar-refractivity contribution in [2.75, 3.05) is 0 Å². The maximum absolute atomic E-state index is 15.1. The van der Waals surface area contributed by atoms with Gasteiger partial charge in [-0.25, -0.2) is 8.96 Å². The van der Waals surface area contributed by atoms with Crippen molar-refractivity contribution in [3.05, 3.63) is 114 Å². The number of benzene rings is 4. The van der Waals surface area contributed by atoms with E-state index in [1.54, 1.807) is 11.6 Å². The molecule has 0 bridgehead atoms. The summed E-state index contributed by atoms with van der Waals surface area (Å²) in [5.74, 6) is -0.800. The average molecular weight is 487 g/mol. The van der Waals surface area contributed by atoms with Crippen molar-refractivity contribution in [3.63, 3.8) is 0 Å². The molecule has 0 radical (unpaired) electrons. The van der Waals surface area contributed by atoms with Crippen LogP contribution < -0.4 is 4.57 Å². The fourth-order valence-corrected chi connectivity index (χ4v) is 5.01. The topological polar surface area (TPSA) is 40.8 Å². The fraction of sp³-hybridized carbons (Fsp3) is 0.0909. The molecule has 2 heterocycles. The van der Waals surface area contributed by atoms with Crippen LogP contribution in [0.15, 0.2) is 95.5 Å². The smallest absolute Gasteiger partial charge is 0.219 e. The van der Waals surface area contributed by atoms with Gasteiger partial charge < -0.3 is 4.42 Å². The van der Waals surface area contributed by atoms with Crippen LogP contribution in [-0.2, 0) is 7.05 Å². The number of pyridine rings is 1. The van der Waals surface area contributed by atoms with Gasteiger partial charge in [0.05, 0.1) is 17.2 Å². The monoisotopic (exact) mass is 486 g/mol. The van der Waals surface area contributed by atoms with E-state index >= 15 is 4.39 Å². The quantitative estimate of drug-likeness (QED) is 0.238. The lowest BCUT2D eigenvalue weighted by atomic mass is 9.95. The first-order valence-electron chi connectivity index (χ1n) is 13.4. The maximum atomic E-state index is 15.1. The highest BCUT2D eigenvalue weighted by atomic mass is 19.1. The number of fused-ring (bicyclic) bond motifs is 3. The zero-order valence-electron chi connectivity index (χ0n) is 23.3. The highest BCUT2D eigenvalue weighted by Crippen LogP contribution is 2.42. The van der Waals surface area contributed by atoms with Gasteiger partial charge in [-0.3, -0.25) is 0 Å². The second-order valence-corrected chi connectivity index (χ2v) is 9.23. The summed E-state index contributed by atoms with van der Waals surface area (Å²) in [5.41, 5.74) is 7.11. The number of nitrogens with zero attached hydrogens (tertiary/aromatic N) is 2. The molecule has 0 aliphatic heterocycles. The van der Waals surface area contributed by atoms with Crippen molar-refractivity contribution in [1.29, 1.82) is 5.26 Å². The summed E-state index contributed by atoms with van der Waals surface area (Å²) >= 11 is 0. The molecule has 0 saturated heterocycles. The predicted molar refractivity (Wildman–Crippen MR) is 145 cm³/mol. The Kier molecular flexibility index (Phi) is 4.58. The number of nitriles is 1. The van der Waals surface area contributed by atoms with Crippen molar-refractivity contribution in [1.82, 2.24) is 0 Å². The first-order chi connectivity index (χ1) is 19.2. The standard InChI is InChI=1S/C33H24FN2O/c1-20-12-13-26-28-15-22(18-35)14-27(25-11-7-10-24(16-25)23-8-5-4-6-9-23)32(28)37-33(26)31(20)30-17-29(34)21(2)19-36(30)3/h4-17,19H,1-3H3/q+1/i2D3. The van der Waals surface area contributed by atoms with Gasteiger partial charge in [0, 0.05) is 32.1 Å². The third-order valence-electron chi connectivity index (χ3n) is 6.84. The molecule has 2 aromatic heterocycles. The van der Waals surface area contributed by atoms with E-state index in [9.17, 15) is 5.26 Å². The zero-order valence-corrected chi connectivity index (χ0v) is 20.3. The molecule has 0 N–H and O–H groups in total. The Bertz CT molecular complexity index is 1990. The molecule has 0 spiro atoms. The molecule has 0 saturated carbocycles. The maximum Gasteiger partial charge on any atom is 0.219 e. The molecule has 178 valence electrons. The fourth-order valence-electron chi connectivity index (χ4n) is 5.01. The van der Waals surface area contributed by atoms with E-state index < -0.39 is 12.7 Å². The van der Waals surface area contributed by atoms with E-state index in [1.807, 2.05) is 79.7 Å². The highest BCUT2D eigenvalue weighted by Gasteiger charge is 2.24. The molecule has 0 aliphatic rings. The lowest BCUT2D eigenvalue weighted by molar-refractivity contribution is -0.661. The van der Waals surface area contributed by atoms with Crippen LogP contribution in [0.4, 0.5) is 4.39 Å². The number of aromatic nitrogens is 1. The second-order valence-electron chi connectivity index (χ2n) is 9.23. The minimum Gasteiger partial charge on any atom is -0.454 e. The van der Waals surface area contributed by atoms with Crippen molar-refractivity contribution in [2.24, 2.45) is 7.05 Å². The molecule has 4 aromatic carbocycles. The van der Waals surface area contributed by atoms with Gasteiger partial charge in [0.1, 0.15) is 24.0 Å². The Hall–Kier alpha value is -4.75. The van der Waals surface area contributed by atoms with E-state index in [1.165, 1.54) is 12.3 Å². The molecule has 0 aliphatic carbocycles. The number of aryl methyl sites for hydroxylation is 3. The Morgan fingerprint density at radius 1 is 0.838 bits per heavy atom. The van der Waals surface area contributed by atoms with Gasteiger partial charge in [-0.1, -0.05) is 60.7 Å². The van der Waals surface area contributed by atoms with Crippen LogP contribution in [0.3, 0.4) is 0 Å². The molecule has 6 rings (SSSR count). The van der Waals surface area contributed by atoms with Gasteiger partial charge in [0.25, 0.3) is 0 Å². The summed E-state index contributed by atoms with van der Waals surface area (Å²) in [6.45, 7) is -0.667. The second kappa shape index (κ2) is 8.72. The molecule has 0 amide bonds. The van der Waals surface area contributed by atoms with E-state index in [-0.39, 0.29) is 5.56 Å². The SMILES string of the molecule is [2H]C([2H])([2H])c1c[n+](C)c(-c2c(C)ccc3c2oc2c(-c4cccc(-c5ccccc5)c4)cc(C#N)cc23)cc1F. The van der Waals surface area contributed by atoms with Gasteiger partial charge in [-0.05, 0) is 54.2 Å². The Morgan fingerprint density at radius 2 is 1.62 bits per heavy atom. The minimum atomic E-state index is -2.57. The average Bonchev–Trinajstić information content (AvgIpc) is 3.32. The largest absolute Gasteiger partial charge is 0.454 e. The van der Waals surface area contributed by atoms with E-state index in [4.69, 9.17) is 8.53 Å². The van der Waals surface area contributed by atoms with E-state index in [0.29, 0.717) is 28.0 Å².